The maximum absolute atomic E-state index is 13.2. The van der Waals surface area contributed by atoms with Gasteiger partial charge in [-0.1, -0.05) is 55.5 Å². The summed E-state index contributed by atoms with van der Waals surface area (Å²) in [7, 11) is -3.44. The van der Waals surface area contributed by atoms with Crippen molar-refractivity contribution >= 4 is 15.7 Å². The average molecular weight is 423 g/mol. The molecule has 3 aromatic rings. The van der Waals surface area contributed by atoms with Crippen LogP contribution in [0.2, 0.25) is 0 Å². The number of sulfonamides is 1. The summed E-state index contributed by atoms with van der Waals surface area (Å²) in [6.07, 6.45) is 6.55. The van der Waals surface area contributed by atoms with E-state index in [1.165, 1.54) is 0 Å². The van der Waals surface area contributed by atoms with Crippen molar-refractivity contribution < 1.29 is 8.42 Å². The second-order valence-electron chi connectivity index (χ2n) is 7.44. The summed E-state index contributed by atoms with van der Waals surface area (Å²) in [5, 5.41) is 0. The zero-order valence-electron chi connectivity index (χ0n) is 17.0. The predicted molar refractivity (Wildman–Crippen MR) is 119 cm³/mol. The van der Waals surface area contributed by atoms with Crippen LogP contribution >= 0.6 is 0 Å². The molecule has 7 heteroatoms. The van der Waals surface area contributed by atoms with Crippen molar-refractivity contribution in [2.24, 2.45) is 0 Å². The second-order valence-corrected chi connectivity index (χ2v) is 9.45. The fraction of sp³-hybridized carbons (Fsp3) is 0.261. The number of aromatic nitrogens is 2. The van der Waals surface area contributed by atoms with Crippen LogP contribution in [0.1, 0.15) is 30.2 Å². The van der Waals surface area contributed by atoms with Gasteiger partial charge in [-0.05, 0) is 23.6 Å². The number of allylic oxidation sites excluding steroid dienone is 1. The Morgan fingerprint density at radius 2 is 1.83 bits per heavy atom. The molecule has 0 saturated carbocycles. The molecule has 1 N–H and O–H groups in total. The molecule has 2 aromatic carbocycles. The second kappa shape index (κ2) is 8.75. The molecule has 0 saturated heterocycles. The van der Waals surface area contributed by atoms with Crippen molar-refractivity contribution in [1.29, 1.82) is 0 Å². The van der Waals surface area contributed by atoms with Gasteiger partial charge in [0.2, 0.25) is 10.0 Å². The lowest BCUT2D eigenvalue weighted by atomic mass is 10.1. The van der Waals surface area contributed by atoms with Gasteiger partial charge in [0.1, 0.15) is 0 Å². The molecule has 0 amide bonds. The van der Waals surface area contributed by atoms with Gasteiger partial charge in [-0.15, -0.1) is 0 Å². The summed E-state index contributed by atoms with van der Waals surface area (Å²) < 4.78 is 28.0. The van der Waals surface area contributed by atoms with Crippen LogP contribution in [0, 0.1) is 0 Å². The van der Waals surface area contributed by atoms with Gasteiger partial charge in [0.15, 0.2) is 0 Å². The summed E-state index contributed by atoms with van der Waals surface area (Å²) in [5.41, 5.74) is 4.80. The van der Waals surface area contributed by atoms with Crippen LogP contribution in [0.3, 0.4) is 0 Å². The monoisotopic (exact) mass is 422 g/mol. The van der Waals surface area contributed by atoms with E-state index in [9.17, 15) is 8.42 Å². The zero-order chi connectivity index (χ0) is 21.0. The van der Waals surface area contributed by atoms with Gasteiger partial charge in [-0.25, -0.2) is 13.4 Å². The van der Waals surface area contributed by atoms with Crippen LogP contribution in [0.15, 0.2) is 79.0 Å². The number of anilines is 1. The Hall–Kier alpha value is -3.06. The minimum atomic E-state index is -3.44. The Morgan fingerprint density at radius 1 is 1.07 bits per heavy atom. The fourth-order valence-electron chi connectivity index (χ4n) is 3.76. The van der Waals surface area contributed by atoms with Crippen LogP contribution in [0.25, 0.3) is 0 Å². The van der Waals surface area contributed by atoms with E-state index in [-0.39, 0.29) is 5.75 Å². The molecule has 2 heterocycles. The number of nitrogens with zero attached hydrogens (tertiary/aromatic N) is 3. The number of hydrogen-bond acceptors (Lipinski definition) is 4. The first-order valence-corrected chi connectivity index (χ1v) is 11.7. The van der Waals surface area contributed by atoms with Gasteiger partial charge < -0.3 is 9.88 Å². The molecule has 0 bridgehead atoms. The van der Waals surface area contributed by atoms with E-state index in [2.05, 4.69) is 14.9 Å². The van der Waals surface area contributed by atoms with Gasteiger partial charge in [0.05, 0.1) is 30.9 Å². The van der Waals surface area contributed by atoms with E-state index >= 15 is 0 Å². The van der Waals surface area contributed by atoms with E-state index in [0.29, 0.717) is 25.9 Å². The maximum Gasteiger partial charge on any atom is 0.235 e. The van der Waals surface area contributed by atoms with Gasteiger partial charge in [0, 0.05) is 30.2 Å². The summed E-state index contributed by atoms with van der Waals surface area (Å²) >= 11 is 0. The molecule has 0 atom stereocenters. The largest absolute Gasteiger partial charge is 0.347 e. The van der Waals surface area contributed by atoms with Crippen LogP contribution in [0.5, 0.6) is 0 Å². The van der Waals surface area contributed by atoms with E-state index in [4.69, 9.17) is 0 Å². The van der Waals surface area contributed by atoms with Crippen LogP contribution in [0.4, 0.5) is 5.69 Å². The number of benzene rings is 2. The SMILES string of the molecule is CCCS(=O)(=O)N1Cc2ccccc2N(Cc2cnc[nH]2)C=C1Cc1ccccc1. The molecule has 0 radical (unpaired) electrons. The quantitative estimate of drug-likeness (QED) is 0.624. The minimum absolute atomic E-state index is 0.127. The zero-order valence-corrected chi connectivity index (χ0v) is 17.8. The molecule has 30 heavy (non-hydrogen) atoms. The van der Waals surface area contributed by atoms with E-state index in [1.807, 2.05) is 67.7 Å². The Bertz CT molecular complexity index is 1110. The van der Waals surface area contributed by atoms with Crippen molar-refractivity contribution in [3.05, 3.63) is 95.8 Å². The number of hydrogen-bond donors (Lipinski definition) is 1. The first-order chi connectivity index (χ1) is 14.6. The van der Waals surface area contributed by atoms with E-state index in [0.717, 1.165) is 28.2 Å². The Morgan fingerprint density at radius 3 is 2.57 bits per heavy atom. The van der Waals surface area contributed by atoms with Crippen molar-refractivity contribution in [2.75, 3.05) is 10.7 Å². The topological polar surface area (TPSA) is 69.3 Å². The summed E-state index contributed by atoms with van der Waals surface area (Å²) in [6.45, 7) is 2.81. The summed E-state index contributed by atoms with van der Waals surface area (Å²) in [6, 6.07) is 18.0. The third kappa shape index (κ3) is 4.41. The molecule has 0 spiro atoms. The van der Waals surface area contributed by atoms with Gasteiger partial charge in [-0.2, -0.15) is 0 Å². The lowest BCUT2D eigenvalue weighted by molar-refractivity contribution is 0.465. The van der Waals surface area contributed by atoms with Crippen LogP contribution in [-0.2, 0) is 29.5 Å². The lowest BCUT2D eigenvalue weighted by Crippen LogP contribution is -2.32. The Balaban J connectivity index is 1.81. The normalized spacial score (nSPS) is 14.2. The molecule has 1 aliphatic heterocycles. The molecule has 0 unspecified atom stereocenters. The van der Waals surface area contributed by atoms with Crippen molar-refractivity contribution in [1.82, 2.24) is 14.3 Å². The first kappa shape index (κ1) is 20.2. The molecule has 4 rings (SSSR count). The molecule has 1 aliphatic rings. The minimum Gasteiger partial charge on any atom is -0.347 e. The molecule has 1 aromatic heterocycles. The predicted octanol–water partition coefficient (Wildman–Crippen LogP) is 4.06. The highest BCUT2D eigenvalue weighted by Gasteiger charge is 2.29. The lowest BCUT2D eigenvalue weighted by Gasteiger charge is -2.26. The number of imidazole rings is 1. The number of rotatable bonds is 7. The third-order valence-electron chi connectivity index (χ3n) is 5.16. The standard InChI is InChI=1S/C23H26N4O2S/c1-2-12-30(28,29)27-15-20-10-6-7-11-23(20)26(16-21-14-24-18-25-21)17-22(27)13-19-8-4-3-5-9-19/h3-11,14,17-18H,2,12-13,15-16H2,1H3,(H,24,25). The van der Waals surface area contributed by atoms with Gasteiger partial charge >= 0.3 is 0 Å². The number of nitrogens with one attached hydrogen (secondary N) is 1. The number of H-pyrrole nitrogens is 1. The maximum atomic E-state index is 13.2. The molecular formula is C23H26N4O2S. The van der Waals surface area contributed by atoms with E-state index < -0.39 is 10.0 Å². The average Bonchev–Trinajstić information content (AvgIpc) is 3.19. The molecule has 0 fully saturated rings. The van der Waals surface area contributed by atoms with Gasteiger partial charge in [0.25, 0.3) is 0 Å². The molecular weight excluding hydrogens is 396 g/mol. The van der Waals surface area contributed by atoms with Gasteiger partial charge in [-0.3, -0.25) is 4.31 Å². The Kier molecular flexibility index (Phi) is 5.90. The number of aromatic amines is 1. The van der Waals surface area contributed by atoms with Crippen LogP contribution < -0.4 is 4.90 Å². The highest BCUT2D eigenvalue weighted by Crippen LogP contribution is 2.32. The fourth-order valence-corrected chi connectivity index (χ4v) is 5.31. The highest BCUT2D eigenvalue weighted by molar-refractivity contribution is 7.89. The highest BCUT2D eigenvalue weighted by atomic mass is 32.2. The number of para-hydroxylation sites is 1. The smallest absolute Gasteiger partial charge is 0.235 e. The number of fused-ring (bicyclic) bond motifs is 1. The van der Waals surface area contributed by atoms with Crippen molar-refractivity contribution in [3.63, 3.8) is 0 Å². The van der Waals surface area contributed by atoms with E-state index in [1.54, 1.807) is 16.8 Å². The molecule has 156 valence electrons. The Labute approximate surface area is 177 Å². The third-order valence-corrected chi connectivity index (χ3v) is 7.12. The van der Waals surface area contributed by atoms with Crippen molar-refractivity contribution in [3.8, 4) is 0 Å². The van der Waals surface area contributed by atoms with Crippen molar-refractivity contribution in [2.45, 2.75) is 32.9 Å². The molecule has 6 nitrogen and oxygen atoms in total. The van der Waals surface area contributed by atoms with Crippen LogP contribution in [-0.4, -0.2) is 28.4 Å². The summed E-state index contributed by atoms with van der Waals surface area (Å²) in [4.78, 5) is 9.38. The summed E-state index contributed by atoms with van der Waals surface area (Å²) in [5.74, 6) is 0.127. The first-order valence-electron chi connectivity index (χ1n) is 10.1. The molecule has 0 aliphatic carbocycles.